The van der Waals surface area contributed by atoms with Gasteiger partial charge in [0.1, 0.15) is 0 Å². The molecule has 192 valence electrons. The van der Waals surface area contributed by atoms with Crippen molar-refractivity contribution in [3.05, 3.63) is 53.6 Å². The average Bonchev–Trinajstić information content (AvgIpc) is 3.40. The summed E-state index contributed by atoms with van der Waals surface area (Å²) < 4.78 is 11.8. The zero-order chi connectivity index (χ0) is 25.3. The molecule has 36 heavy (non-hydrogen) atoms. The van der Waals surface area contributed by atoms with Crippen molar-refractivity contribution in [3.8, 4) is 11.5 Å². The SMILES string of the molecule is CCCCCC(=O)Nc1ccc(CN2N=C(c3ccc(OC)c(OC4CCCC4)c3)CCC2=O)cc1. The number of rotatable bonds is 11. The molecule has 0 saturated heterocycles. The van der Waals surface area contributed by atoms with Crippen LogP contribution >= 0.6 is 0 Å². The Morgan fingerprint density at radius 3 is 2.56 bits per heavy atom. The minimum absolute atomic E-state index is 0.00277. The molecular formula is C29H37N3O4. The Kier molecular flexibility index (Phi) is 8.98. The molecule has 2 amide bonds. The van der Waals surface area contributed by atoms with E-state index in [9.17, 15) is 9.59 Å². The van der Waals surface area contributed by atoms with E-state index in [4.69, 9.17) is 14.6 Å². The van der Waals surface area contributed by atoms with E-state index < -0.39 is 0 Å². The fourth-order valence-corrected chi connectivity index (χ4v) is 4.69. The topological polar surface area (TPSA) is 80.2 Å². The van der Waals surface area contributed by atoms with E-state index in [0.717, 1.165) is 60.4 Å². The number of unbranched alkanes of at least 4 members (excludes halogenated alkanes) is 2. The van der Waals surface area contributed by atoms with E-state index in [0.29, 0.717) is 31.6 Å². The fraction of sp³-hybridized carbons (Fsp3) is 0.483. The minimum Gasteiger partial charge on any atom is -0.493 e. The minimum atomic E-state index is 0.00277. The molecule has 2 aromatic carbocycles. The van der Waals surface area contributed by atoms with Crippen molar-refractivity contribution in [1.29, 1.82) is 0 Å². The van der Waals surface area contributed by atoms with Crippen molar-refractivity contribution in [2.45, 2.75) is 83.8 Å². The molecule has 0 spiro atoms. The molecule has 2 aromatic rings. The molecule has 1 N–H and O–H groups in total. The Balaban J connectivity index is 1.43. The van der Waals surface area contributed by atoms with Crippen LogP contribution in [0.3, 0.4) is 0 Å². The maximum Gasteiger partial charge on any atom is 0.243 e. The van der Waals surface area contributed by atoms with E-state index in [2.05, 4.69) is 12.2 Å². The van der Waals surface area contributed by atoms with Crippen molar-refractivity contribution in [1.82, 2.24) is 5.01 Å². The number of nitrogens with zero attached hydrogens (tertiary/aromatic N) is 2. The summed E-state index contributed by atoms with van der Waals surface area (Å²) >= 11 is 0. The first-order valence-corrected chi connectivity index (χ1v) is 13.2. The number of hydrogen-bond donors (Lipinski definition) is 1. The Bertz CT molecular complexity index is 1070. The predicted molar refractivity (Wildman–Crippen MR) is 141 cm³/mol. The summed E-state index contributed by atoms with van der Waals surface area (Å²) in [6.45, 7) is 2.51. The van der Waals surface area contributed by atoms with Gasteiger partial charge in [-0.2, -0.15) is 5.10 Å². The van der Waals surface area contributed by atoms with Crippen LogP contribution in [0.15, 0.2) is 47.6 Å². The number of anilines is 1. The van der Waals surface area contributed by atoms with Gasteiger partial charge in [-0.25, -0.2) is 5.01 Å². The second-order valence-electron chi connectivity index (χ2n) is 9.59. The maximum atomic E-state index is 12.6. The van der Waals surface area contributed by atoms with Crippen molar-refractivity contribution in [3.63, 3.8) is 0 Å². The van der Waals surface area contributed by atoms with Crippen LogP contribution < -0.4 is 14.8 Å². The molecule has 0 unspecified atom stereocenters. The van der Waals surface area contributed by atoms with Crippen LogP contribution in [0.5, 0.6) is 11.5 Å². The Morgan fingerprint density at radius 1 is 1.06 bits per heavy atom. The monoisotopic (exact) mass is 491 g/mol. The lowest BCUT2D eigenvalue weighted by Gasteiger charge is -2.24. The van der Waals surface area contributed by atoms with E-state index >= 15 is 0 Å². The smallest absolute Gasteiger partial charge is 0.243 e. The molecule has 1 aliphatic heterocycles. The Hall–Kier alpha value is -3.35. The summed E-state index contributed by atoms with van der Waals surface area (Å²) in [5.74, 6) is 1.49. The number of carbonyl (C=O) groups is 2. The molecule has 1 heterocycles. The first kappa shape index (κ1) is 25.7. The van der Waals surface area contributed by atoms with Gasteiger partial charge in [0.2, 0.25) is 11.8 Å². The van der Waals surface area contributed by atoms with Crippen molar-refractivity contribution in [2.24, 2.45) is 5.10 Å². The van der Waals surface area contributed by atoms with Crippen LogP contribution in [0.2, 0.25) is 0 Å². The quantitative estimate of drug-likeness (QED) is 0.387. The Labute approximate surface area is 213 Å². The standard InChI is InChI=1S/C29H37N3O4/c1-3-4-5-10-28(33)30-23-14-11-21(12-15-23)20-32-29(34)18-16-25(31-32)22-13-17-26(35-2)27(19-22)36-24-8-6-7-9-24/h11-15,17,19,24H,3-10,16,18,20H2,1-2H3,(H,30,33). The van der Waals surface area contributed by atoms with Crippen LogP contribution in [-0.2, 0) is 16.1 Å². The van der Waals surface area contributed by atoms with Gasteiger partial charge >= 0.3 is 0 Å². The van der Waals surface area contributed by atoms with Gasteiger partial charge in [-0.3, -0.25) is 9.59 Å². The second-order valence-corrected chi connectivity index (χ2v) is 9.59. The highest BCUT2D eigenvalue weighted by Crippen LogP contribution is 2.33. The molecule has 0 aromatic heterocycles. The summed E-state index contributed by atoms with van der Waals surface area (Å²) in [5.41, 5.74) is 3.53. The number of ether oxygens (including phenoxy) is 2. The van der Waals surface area contributed by atoms with Crippen LogP contribution in [-0.4, -0.2) is 35.7 Å². The van der Waals surface area contributed by atoms with Gasteiger partial charge in [0.05, 0.1) is 25.5 Å². The third-order valence-corrected chi connectivity index (χ3v) is 6.78. The number of benzene rings is 2. The highest BCUT2D eigenvalue weighted by molar-refractivity contribution is 6.04. The van der Waals surface area contributed by atoms with E-state index in [1.54, 1.807) is 12.1 Å². The molecule has 2 aliphatic rings. The number of methoxy groups -OCH3 is 1. The first-order valence-electron chi connectivity index (χ1n) is 13.2. The molecule has 1 saturated carbocycles. The van der Waals surface area contributed by atoms with E-state index in [1.807, 2.05) is 42.5 Å². The normalized spacial score (nSPS) is 16.1. The third kappa shape index (κ3) is 6.86. The van der Waals surface area contributed by atoms with Gasteiger partial charge in [-0.15, -0.1) is 0 Å². The van der Waals surface area contributed by atoms with Crippen LogP contribution in [0.1, 0.15) is 82.3 Å². The molecule has 0 atom stereocenters. The highest BCUT2D eigenvalue weighted by atomic mass is 16.5. The number of hydrazone groups is 1. The summed E-state index contributed by atoms with van der Waals surface area (Å²) in [6, 6.07) is 13.5. The van der Waals surface area contributed by atoms with Gasteiger partial charge in [0, 0.05) is 30.5 Å². The molecule has 7 nitrogen and oxygen atoms in total. The van der Waals surface area contributed by atoms with Gasteiger partial charge in [-0.05, 0) is 68.0 Å². The van der Waals surface area contributed by atoms with Crippen LogP contribution in [0, 0.1) is 0 Å². The molecule has 4 rings (SSSR count). The Morgan fingerprint density at radius 2 is 1.83 bits per heavy atom. The lowest BCUT2D eigenvalue weighted by molar-refractivity contribution is -0.132. The molecule has 0 bridgehead atoms. The van der Waals surface area contributed by atoms with Crippen molar-refractivity contribution in [2.75, 3.05) is 12.4 Å². The van der Waals surface area contributed by atoms with Gasteiger partial charge < -0.3 is 14.8 Å². The summed E-state index contributed by atoms with van der Waals surface area (Å²) in [4.78, 5) is 24.7. The number of carbonyl (C=O) groups excluding carboxylic acids is 2. The predicted octanol–water partition coefficient (Wildman–Crippen LogP) is 6.06. The average molecular weight is 492 g/mol. The van der Waals surface area contributed by atoms with E-state index in [-0.39, 0.29) is 17.9 Å². The molecule has 1 aliphatic carbocycles. The summed E-state index contributed by atoms with van der Waals surface area (Å²) in [5, 5.41) is 9.18. The molecular weight excluding hydrogens is 454 g/mol. The second kappa shape index (κ2) is 12.6. The summed E-state index contributed by atoms with van der Waals surface area (Å²) in [6.07, 6.45) is 9.35. The zero-order valence-corrected chi connectivity index (χ0v) is 21.4. The van der Waals surface area contributed by atoms with Gasteiger partial charge in [-0.1, -0.05) is 31.9 Å². The van der Waals surface area contributed by atoms with E-state index in [1.165, 1.54) is 12.8 Å². The third-order valence-electron chi connectivity index (χ3n) is 6.78. The molecule has 0 radical (unpaired) electrons. The zero-order valence-electron chi connectivity index (χ0n) is 21.4. The fourth-order valence-electron chi connectivity index (χ4n) is 4.69. The molecule has 1 fully saturated rings. The number of amides is 2. The maximum absolute atomic E-state index is 12.6. The van der Waals surface area contributed by atoms with Crippen LogP contribution in [0.4, 0.5) is 5.69 Å². The van der Waals surface area contributed by atoms with Crippen LogP contribution in [0.25, 0.3) is 0 Å². The summed E-state index contributed by atoms with van der Waals surface area (Å²) in [7, 11) is 1.65. The number of hydrogen-bond acceptors (Lipinski definition) is 5. The molecule has 7 heteroatoms. The van der Waals surface area contributed by atoms with Crippen molar-refractivity contribution >= 4 is 23.2 Å². The first-order chi connectivity index (χ1) is 17.6. The number of nitrogens with one attached hydrogen (secondary N) is 1. The lowest BCUT2D eigenvalue weighted by atomic mass is 10.0. The van der Waals surface area contributed by atoms with Gasteiger partial charge in [0.25, 0.3) is 0 Å². The highest BCUT2D eigenvalue weighted by Gasteiger charge is 2.24. The van der Waals surface area contributed by atoms with Gasteiger partial charge in [0.15, 0.2) is 11.5 Å². The van der Waals surface area contributed by atoms with Crippen molar-refractivity contribution < 1.29 is 19.1 Å². The largest absolute Gasteiger partial charge is 0.493 e. The lowest BCUT2D eigenvalue weighted by Crippen LogP contribution is -2.31.